The van der Waals surface area contributed by atoms with E-state index >= 15 is 65.9 Å². The Bertz CT molecular complexity index is 4810. The summed E-state index contributed by atoms with van der Waals surface area (Å²) in [6.45, 7) is 2.26. The Morgan fingerprint density at radius 2 is 0.660 bits per heavy atom. The minimum absolute atomic E-state index is 0.0280. The van der Waals surface area contributed by atoms with E-state index in [4.69, 9.17) is 16.3 Å². The summed E-state index contributed by atoms with van der Waals surface area (Å²) in [6, 6.07) is 18.4. The number of imide groups is 4. The molecule has 4 aliphatic heterocycles. The number of rotatable bonds is 11. The van der Waals surface area contributed by atoms with Crippen LogP contribution in [0, 0.1) is 6.92 Å². The van der Waals surface area contributed by atoms with Gasteiger partial charge in [0.05, 0.1) is 66.6 Å². The number of aryl methyl sites for hydroxylation is 1. The zero-order valence-electron chi connectivity index (χ0n) is 49.0. The number of phenols is 1. The highest BCUT2D eigenvalue weighted by Crippen LogP contribution is 2.60. The van der Waals surface area contributed by atoms with E-state index in [0.29, 0.717) is 83.1 Å². The normalized spacial score (nSPS) is 16.0. The molecular weight excluding hydrogens is 1340 g/mol. The van der Waals surface area contributed by atoms with Gasteiger partial charge < -0.3 is 9.84 Å². The number of nitrogens with zero attached hydrogens (tertiary/aromatic N) is 4. The summed E-state index contributed by atoms with van der Waals surface area (Å²) < 4.78 is 241. The quantitative estimate of drug-likeness (QED) is 0.0967. The van der Waals surface area contributed by atoms with Crippen LogP contribution < -0.4 is 19.4 Å². The second-order valence-corrected chi connectivity index (χ2v) is 23.3. The number of benzene rings is 8. The van der Waals surface area contributed by atoms with Crippen LogP contribution in [0.1, 0.15) is 129 Å². The van der Waals surface area contributed by atoms with Crippen LogP contribution in [0.15, 0.2) is 158 Å². The lowest BCUT2D eigenvalue weighted by Gasteiger charge is -2.38. The molecular formula is C67H36ClF15N4O10. The molecule has 97 heavy (non-hydrogen) atoms. The molecule has 0 aromatic heterocycles. The van der Waals surface area contributed by atoms with E-state index in [1.165, 1.54) is 24.3 Å². The lowest BCUT2D eigenvalue weighted by Crippen LogP contribution is -2.55. The fourth-order valence-corrected chi connectivity index (χ4v) is 12.8. The van der Waals surface area contributed by atoms with E-state index in [2.05, 4.69) is 0 Å². The number of anilines is 3. The van der Waals surface area contributed by atoms with Crippen molar-refractivity contribution in [2.75, 3.05) is 21.7 Å². The third-order valence-corrected chi connectivity index (χ3v) is 18.0. The van der Waals surface area contributed by atoms with Crippen LogP contribution in [0.25, 0.3) is 0 Å². The van der Waals surface area contributed by atoms with Gasteiger partial charge in [0.15, 0.2) is 0 Å². The summed E-state index contributed by atoms with van der Waals surface area (Å²) >= 11 is 6.41. The molecule has 4 heterocycles. The van der Waals surface area contributed by atoms with E-state index in [-0.39, 0.29) is 69.8 Å². The SMILES string of the molecule is Cc1ccc(Oc2ccc(N3C(=O)c4ccc(C(c5ccc6c(c5)C(=O)N(c5cc(C(C)(c7ccc(Cl)c(N8C(=O)c9ccc(C(c%10ccc%11c(c%10)C(=O)N(C)C%11=O)(C(F)(F)F)C(F)(F)F)cc9C8=O)c7)C(F)(F)F)ccc5O)C6=O)(C(F)(F)F)C(F)(F)F)cc4C3=O)cc2)cc1. The third kappa shape index (κ3) is 9.56. The van der Waals surface area contributed by atoms with Crippen molar-refractivity contribution in [2.45, 2.75) is 61.0 Å². The summed E-state index contributed by atoms with van der Waals surface area (Å²) in [5, 5.41) is 10.5. The second kappa shape index (κ2) is 21.8. The summed E-state index contributed by atoms with van der Waals surface area (Å²) in [5.74, 6) is -12.1. The largest absolute Gasteiger partial charge is 0.506 e. The molecule has 0 saturated heterocycles. The van der Waals surface area contributed by atoms with Crippen LogP contribution >= 0.6 is 11.6 Å². The fourth-order valence-electron chi connectivity index (χ4n) is 12.6. The number of phenolic OH excluding ortho intramolecular Hbond substituents is 1. The highest BCUT2D eigenvalue weighted by Gasteiger charge is 2.74. The van der Waals surface area contributed by atoms with Gasteiger partial charge in [0.25, 0.3) is 47.3 Å². The number of carbonyl (C=O) groups excluding carboxylic acids is 8. The maximum absolute atomic E-state index is 16.0. The zero-order chi connectivity index (χ0) is 70.7. The molecule has 0 bridgehead atoms. The van der Waals surface area contributed by atoms with E-state index in [1.807, 2.05) is 6.92 Å². The van der Waals surface area contributed by atoms with Crippen molar-refractivity contribution < 1.29 is 114 Å². The highest BCUT2D eigenvalue weighted by atomic mass is 35.5. The molecule has 4 aliphatic rings. The van der Waals surface area contributed by atoms with Crippen molar-refractivity contribution in [3.05, 3.63) is 246 Å². The predicted molar refractivity (Wildman–Crippen MR) is 311 cm³/mol. The van der Waals surface area contributed by atoms with Gasteiger partial charge in [0.1, 0.15) is 22.7 Å². The maximum Gasteiger partial charge on any atom is 0.411 e. The van der Waals surface area contributed by atoms with Crippen molar-refractivity contribution in [1.82, 2.24) is 4.90 Å². The monoisotopic (exact) mass is 1380 g/mol. The number of hydrogen-bond donors (Lipinski definition) is 1. The van der Waals surface area contributed by atoms with Gasteiger partial charge in [-0.05, 0) is 156 Å². The van der Waals surface area contributed by atoms with E-state index in [0.717, 1.165) is 12.6 Å². The van der Waals surface area contributed by atoms with Crippen molar-refractivity contribution in [2.24, 2.45) is 0 Å². The van der Waals surface area contributed by atoms with Crippen molar-refractivity contribution in [1.29, 1.82) is 0 Å². The second-order valence-electron chi connectivity index (χ2n) is 22.9. The first kappa shape index (κ1) is 66.2. The molecule has 0 fully saturated rings. The molecule has 0 saturated carbocycles. The van der Waals surface area contributed by atoms with Crippen LogP contribution in [0.5, 0.6) is 17.2 Å². The molecule has 12 rings (SSSR count). The van der Waals surface area contributed by atoms with Gasteiger partial charge >= 0.3 is 30.9 Å². The molecule has 1 atom stereocenters. The predicted octanol–water partition coefficient (Wildman–Crippen LogP) is 15.5. The molecule has 1 N–H and O–H groups in total. The van der Waals surface area contributed by atoms with Gasteiger partial charge in [-0.2, -0.15) is 65.9 Å². The number of fused-ring (bicyclic) bond motifs is 4. The van der Waals surface area contributed by atoms with Crippen LogP contribution in [0.4, 0.5) is 82.9 Å². The molecule has 1 unspecified atom stereocenters. The smallest absolute Gasteiger partial charge is 0.411 e. The Morgan fingerprint density at radius 3 is 1.06 bits per heavy atom. The first-order valence-corrected chi connectivity index (χ1v) is 28.4. The fraction of sp³-hybridized carbons (Fsp3) is 0.164. The minimum atomic E-state index is -6.45. The maximum atomic E-state index is 16.0. The van der Waals surface area contributed by atoms with Gasteiger partial charge in [0.2, 0.25) is 10.8 Å². The molecule has 8 aromatic carbocycles. The molecule has 0 spiro atoms. The van der Waals surface area contributed by atoms with E-state index in [1.54, 1.807) is 24.3 Å². The van der Waals surface area contributed by atoms with Gasteiger partial charge in [0, 0.05) is 7.05 Å². The van der Waals surface area contributed by atoms with Crippen LogP contribution in [0.3, 0.4) is 0 Å². The number of ether oxygens (including phenoxy) is 1. The molecule has 30 heteroatoms. The standard InChI is InChI=1S/C67H36ClF15N4O10/c1-30-4-14-38(15-5-30)97-39-16-12-37(13-17-39)85-54(91)41-19-7-34(25-45(41)57(85)94)62(66(78,79)80,67(81,82)83)36-9-21-43-47(27-36)59(96)87(56(43)93)50-29-32(11-23-51(50)88)60(2,63(69,70)71)31-10-22-48(68)49(28-31)86-55(92)42-20-8-35(26-46(42)58(86)95)61(64(72,73)74,65(75,76)77)33-6-18-40-44(24-33)53(90)84(3)52(40)89/h4-29,88H,1-3H3. The molecule has 14 nitrogen and oxygen atoms in total. The zero-order valence-corrected chi connectivity index (χ0v) is 49.7. The van der Waals surface area contributed by atoms with Gasteiger partial charge in [-0.15, -0.1) is 0 Å². The lowest BCUT2D eigenvalue weighted by molar-refractivity contribution is -0.290. The average Bonchev–Trinajstić information content (AvgIpc) is 1.70. The highest BCUT2D eigenvalue weighted by molar-refractivity contribution is 6.40. The van der Waals surface area contributed by atoms with Crippen LogP contribution in [-0.4, -0.2) is 95.2 Å². The topological polar surface area (TPSA) is 179 Å². The van der Waals surface area contributed by atoms with Crippen molar-refractivity contribution >= 4 is 75.9 Å². The summed E-state index contributed by atoms with van der Waals surface area (Å²) in [6.07, 6.45) is -31.3. The van der Waals surface area contributed by atoms with Crippen LogP contribution in [0.2, 0.25) is 5.02 Å². The number of amides is 8. The minimum Gasteiger partial charge on any atom is -0.506 e. The number of aromatic hydroxyl groups is 1. The van der Waals surface area contributed by atoms with E-state index < -0.39 is 194 Å². The Balaban J connectivity index is 0.876. The first-order chi connectivity index (χ1) is 45.1. The number of carbonyl (C=O) groups is 8. The lowest BCUT2D eigenvalue weighted by atomic mass is 9.71. The first-order valence-electron chi connectivity index (χ1n) is 28.0. The number of alkyl halides is 15. The van der Waals surface area contributed by atoms with Gasteiger partial charge in [-0.25, -0.2) is 14.7 Å². The van der Waals surface area contributed by atoms with Gasteiger partial charge in [-0.3, -0.25) is 43.3 Å². The number of halogens is 16. The summed E-state index contributed by atoms with van der Waals surface area (Å²) in [5.41, 5.74) is -31.4. The Morgan fingerprint density at radius 1 is 0.351 bits per heavy atom. The summed E-state index contributed by atoms with van der Waals surface area (Å²) in [4.78, 5) is 111. The van der Waals surface area contributed by atoms with Crippen molar-refractivity contribution in [3.63, 3.8) is 0 Å². The molecule has 0 radical (unpaired) electrons. The summed E-state index contributed by atoms with van der Waals surface area (Å²) in [7, 11) is 0.914. The van der Waals surface area contributed by atoms with Crippen molar-refractivity contribution in [3.8, 4) is 17.2 Å². The molecule has 8 amide bonds. The van der Waals surface area contributed by atoms with Crippen LogP contribution in [-0.2, 0) is 16.2 Å². The average molecular weight is 1380 g/mol. The molecule has 496 valence electrons. The Hall–Kier alpha value is -10.8. The third-order valence-electron chi connectivity index (χ3n) is 17.7. The van der Waals surface area contributed by atoms with Gasteiger partial charge in [-0.1, -0.05) is 65.7 Å². The molecule has 8 aromatic rings. The Labute approximate surface area is 539 Å². The molecule has 0 aliphatic carbocycles. The van der Waals surface area contributed by atoms with E-state index in [9.17, 15) is 43.5 Å². The Kier molecular flexibility index (Phi) is 14.9. The number of hydrogen-bond acceptors (Lipinski definition) is 10.